The summed E-state index contributed by atoms with van der Waals surface area (Å²) in [7, 11) is 1.61. The lowest BCUT2D eigenvalue weighted by Gasteiger charge is -2.29. The molecule has 2 saturated heterocycles. The van der Waals surface area contributed by atoms with E-state index in [0.717, 1.165) is 6.54 Å². The third-order valence-corrected chi connectivity index (χ3v) is 2.37. The summed E-state index contributed by atoms with van der Waals surface area (Å²) in [5.74, 6) is -0.189. The van der Waals surface area contributed by atoms with Crippen LogP contribution in [0, 0.1) is 0 Å². The lowest BCUT2D eigenvalue weighted by atomic mass is 10.4. The van der Waals surface area contributed by atoms with Crippen molar-refractivity contribution in [1.29, 1.82) is 0 Å². The molecule has 6 heteroatoms. The van der Waals surface area contributed by atoms with Gasteiger partial charge in [-0.3, -0.25) is 4.79 Å². The predicted molar refractivity (Wildman–Crippen MR) is 47.5 cm³/mol. The van der Waals surface area contributed by atoms with Crippen molar-refractivity contribution in [2.45, 2.75) is 6.23 Å². The number of likely N-dealkylation sites (N-methyl/N-ethyl adjacent to an activating group) is 1. The van der Waals surface area contributed by atoms with Gasteiger partial charge in [0.25, 0.3) is 5.91 Å². The molecule has 3 amide bonds. The summed E-state index contributed by atoms with van der Waals surface area (Å²) in [6.45, 7) is 1.97. The van der Waals surface area contributed by atoms with Gasteiger partial charge in [-0.1, -0.05) is 0 Å². The van der Waals surface area contributed by atoms with Crippen molar-refractivity contribution in [2.75, 3.05) is 33.3 Å². The molecule has 0 bridgehead atoms. The van der Waals surface area contributed by atoms with Crippen LogP contribution < -0.4 is 5.32 Å². The molecular weight excluding hydrogens is 186 g/mol. The van der Waals surface area contributed by atoms with Crippen molar-refractivity contribution in [3.05, 3.63) is 0 Å². The monoisotopic (exact) mass is 199 g/mol. The fourth-order valence-corrected chi connectivity index (χ4v) is 1.64. The van der Waals surface area contributed by atoms with Gasteiger partial charge in [-0.05, 0) is 0 Å². The quantitative estimate of drug-likeness (QED) is 0.540. The van der Waals surface area contributed by atoms with E-state index in [1.807, 2.05) is 0 Å². The maximum absolute atomic E-state index is 11.5. The molecule has 1 atom stereocenters. The van der Waals surface area contributed by atoms with Crippen LogP contribution in [0.3, 0.4) is 0 Å². The van der Waals surface area contributed by atoms with E-state index in [0.29, 0.717) is 13.2 Å². The number of amides is 3. The Hall–Kier alpha value is -1.14. The van der Waals surface area contributed by atoms with Gasteiger partial charge in [0.15, 0.2) is 6.23 Å². The molecule has 2 heterocycles. The van der Waals surface area contributed by atoms with E-state index < -0.39 is 6.23 Å². The minimum Gasteiger partial charge on any atom is -0.355 e. The maximum atomic E-state index is 11.5. The summed E-state index contributed by atoms with van der Waals surface area (Å²) < 4.78 is 5.35. The fourth-order valence-electron chi connectivity index (χ4n) is 1.64. The van der Waals surface area contributed by atoms with Crippen molar-refractivity contribution in [3.8, 4) is 0 Å². The van der Waals surface area contributed by atoms with Crippen LogP contribution in [0.15, 0.2) is 0 Å². The summed E-state index contributed by atoms with van der Waals surface area (Å²) in [6, 6.07) is -0.274. The van der Waals surface area contributed by atoms with E-state index >= 15 is 0 Å². The summed E-state index contributed by atoms with van der Waals surface area (Å²) in [6.07, 6.45) is -0.436. The average Bonchev–Trinajstić information content (AvgIpc) is 2.43. The Balaban J connectivity index is 2.08. The van der Waals surface area contributed by atoms with Crippen molar-refractivity contribution < 1.29 is 14.3 Å². The Labute approximate surface area is 81.8 Å². The highest BCUT2D eigenvalue weighted by atomic mass is 16.5. The molecule has 0 spiro atoms. The second kappa shape index (κ2) is 3.55. The number of nitrogens with one attached hydrogen (secondary N) is 1. The Morgan fingerprint density at radius 2 is 2.29 bits per heavy atom. The van der Waals surface area contributed by atoms with Crippen LogP contribution in [-0.4, -0.2) is 61.3 Å². The third kappa shape index (κ3) is 1.46. The maximum Gasteiger partial charge on any atom is 0.329 e. The second-order valence-corrected chi connectivity index (χ2v) is 3.43. The number of carbonyl (C=O) groups excluding carboxylic acids is 2. The zero-order chi connectivity index (χ0) is 10.1. The minimum absolute atomic E-state index is 0.151. The molecule has 2 aliphatic heterocycles. The minimum atomic E-state index is -0.436. The second-order valence-electron chi connectivity index (χ2n) is 3.43. The molecule has 0 radical (unpaired) electrons. The smallest absolute Gasteiger partial charge is 0.329 e. The van der Waals surface area contributed by atoms with E-state index in [4.69, 9.17) is 4.74 Å². The van der Waals surface area contributed by atoms with Gasteiger partial charge in [0.2, 0.25) is 0 Å². The van der Waals surface area contributed by atoms with Gasteiger partial charge >= 0.3 is 6.03 Å². The summed E-state index contributed by atoms with van der Waals surface area (Å²) in [5, 5.41) is 3.08. The molecule has 14 heavy (non-hydrogen) atoms. The van der Waals surface area contributed by atoms with E-state index in [9.17, 15) is 9.59 Å². The van der Waals surface area contributed by atoms with E-state index in [-0.39, 0.29) is 18.5 Å². The molecule has 6 nitrogen and oxygen atoms in total. The van der Waals surface area contributed by atoms with Gasteiger partial charge in [-0.2, -0.15) is 0 Å². The Morgan fingerprint density at radius 1 is 1.50 bits per heavy atom. The number of morpholine rings is 1. The van der Waals surface area contributed by atoms with E-state index in [1.165, 1.54) is 9.80 Å². The first-order valence-electron chi connectivity index (χ1n) is 4.59. The number of ether oxygens (including phenoxy) is 1. The van der Waals surface area contributed by atoms with Gasteiger partial charge in [0.05, 0.1) is 6.61 Å². The summed E-state index contributed by atoms with van der Waals surface area (Å²) in [5.41, 5.74) is 0. The third-order valence-electron chi connectivity index (χ3n) is 2.37. The van der Waals surface area contributed by atoms with Crippen molar-refractivity contribution >= 4 is 11.9 Å². The first-order chi connectivity index (χ1) is 6.70. The molecule has 2 rings (SSSR count). The number of hydrogen-bond acceptors (Lipinski definition) is 4. The number of urea groups is 1. The number of carbonyl (C=O) groups is 2. The first-order valence-corrected chi connectivity index (χ1v) is 4.59. The zero-order valence-electron chi connectivity index (χ0n) is 8.02. The van der Waals surface area contributed by atoms with Crippen LogP contribution >= 0.6 is 0 Å². The van der Waals surface area contributed by atoms with E-state index in [1.54, 1.807) is 7.05 Å². The fraction of sp³-hybridized carbons (Fsp3) is 0.750. The molecule has 0 aliphatic carbocycles. The van der Waals surface area contributed by atoms with Crippen LogP contribution in [0.4, 0.5) is 4.79 Å². The molecule has 0 aromatic carbocycles. The number of hydrogen-bond donors (Lipinski definition) is 1. The van der Waals surface area contributed by atoms with Crippen LogP contribution in [0.2, 0.25) is 0 Å². The Kier molecular flexibility index (Phi) is 2.39. The SMILES string of the molecule is CN1CC(=O)N(C2CNCCO2)C1=O. The molecule has 78 valence electrons. The van der Waals surface area contributed by atoms with Gasteiger partial charge in [-0.15, -0.1) is 0 Å². The predicted octanol–water partition coefficient (Wildman–Crippen LogP) is -1.17. The standard InChI is InChI=1S/C8H13N3O3/c1-10-5-6(12)11(8(10)13)7-4-9-2-3-14-7/h7,9H,2-5H2,1H3. The van der Waals surface area contributed by atoms with Crippen molar-refractivity contribution in [2.24, 2.45) is 0 Å². The molecule has 1 N–H and O–H groups in total. The van der Waals surface area contributed by atoms with Gasteiger partial charge in [-0.25, -0.2) is 9.69 Å². The molecule has 0 aromatic heterocycles. The Morgan fingerprint density at radius 3 is 2.79 bits per heavy atom. The van der Waals surface area contributed by atoms with Crippen molar-refractivity contribution in [1.82, 2.24) is 15.1 Å². The number of nitrogens with zero attached hydrogens (tertiary/aromatic N) is 2. The molecule has 2 fully saturated rings. The summed E-state index contributed by atoms with van der Waals surface area (Å²) in [4.78, 5) is 25.6. The number of imide groups is 1. The van der Waals surface area contributed by atoms with Crippen LogP contribution in [0.1, 0.15) is 0 Å². The molecule has 2 aliphatic rings. The van der Waals surface area contributed by atoms with Gasteiger partial charge < -0.3 is 15.0 Å². The van der Waals surface area contributed by atoms with Crippen molar-refractivity contribution in [3.63, 3.8) is 0 Å². The average molecular weight is 199 g/mol. The van der Waals surface area contributed by atoms with Gasteiger partial charge in [0.1, 0.15) is 6.54 Å². The Bertz CT molecular complexity index is 263. The molecule has 1 unspecified atom stereocenters. The molecule has 0 saturated carbocycles. The highest BCUT2D eigenvalue weighted by Gasteiger charge is 2.39. The first kappa shape index (κ1) is 9.42. The highest BCUT2D eigenvalue weighted by Crippen LogP contribution is 2.13. The largest absolute Gasteiger partial charge is 0.355 e. The summed E-state index contributed by atoms with van der Waals surface area (Å²) >= 11 is 0. The van der Waals surface area contributed by atoms with Crippen LogP contribution in [-0.2, 0) is 9.53 Å². The van der Waals surface area contributed by atoms with Crippen LogP contribution in [0.25, 0.3) is 0 Å². The normalized spacial score (nSPS) is 28.8. The van der Waals surface area contributed by atoms with E-state index in [2.05, 4.69) is 5.32 Å². The highest BCUT2D eigenvalue weighted by molar-refractivity contribution is 6.02. The molecule has 0 aromatic rings. The molecular formula is C8H13N3O3. The van der Waals surface area contributed by atoms with Gasteiger partial charge in [0, 0.05) is 20.1 Å². The lowest BCUT2D eigenvalue weighted by Crippen LogP contribution is -2.51. The topological polar surface area (TPSA) is 61.9 Å². The number of rotatable bonds is 1. The lowest BCUT2D eigenvalue weighted by molar-refractivity contribution is -0.137. The van der Waals surface area contributed by atoms with Crippen LogP contribution in [0.5, 0.6) is 0 Å². The zero-order valence-corrected chi connectivity index (χ0v) is 8.02.